The van der Waals surface area contributed by atoms with Gasteiger partial charge < -0.3 is 14.8 Å². The van der Waals surface area contributed by atoms with Crippen LogP contribution in [0.4, 0.5) is 4.79 Å². The highest BCUT2D eigenvalue weighted by Gasteiger charge is 2.23. The molecular weight excluding hydrogens is 402 g/mol. The van der Waals surface area contributed by atoms with E-state index >= 15 is 0 Å². The van der Waals surface area contributed by atoms with Crippen molar-refractivity contribution < 1.29 is 19.1 Å². The Morgan fingerprint density at radius 2 is 1.44 bits per heavy atom. The largest absolute Gasteiger partial charge is 0.464 e. The van der Waals surface area contributed by atoms with Crippen LogP contribution in [0.5, 0.6) is 0 Å². The molecule has 0 spiro atoms. The predicted molar refractivity (Wildman–Crippen MR) is 129 cm³/mol. The van der Waals surface area contributed by atoms with Gasteiger partial charge in [0.2, 0.25) is 0 Å². The van der Waals surface area contributed by atoms with Gasteiger partial charge in [0, 0.05) is 6.42 Å². The zero-order chi connectivity index (χ0) is 23.3. The molecule has 0 aliphatic rings. The number of nitrogens with one attached hydrogen (secondary N) is 1. The van der Waals surface area contributed by atoms with Crippen molar-refractivity contribution in [2.45, 2.75) is 96.4 Å². The van der Waals surface area contributed by atoms with E-state index in [0.717, 1.165) is 24.8 Å². The zero-order valence-corrected chi connectivity index (χ0v) is 19.8. The molecule has 0 radical (unpaired) electrons. The minimum absolute atomic E-state index is 0.141. The summed E-state index contributed by atoms with van der Waals surface area (Å²) >= 11 is 0. The SMILES string of the molecule is C#CCOC(=O)NC(Cc1ccccc1)C(=O)OCCCCCCCCCCCCCC. The lowest BCUT2D eigenvalue weighted by atomic mass is 10.1. The van der Waals surface area contributed by atoms with Crippen LogP contribution in [0.2, 0.25) is 0 Å². The summed E-state index contributed by atoms with van der Waals surface area (Å²) in [4.78, 5) is 24.4. The number of hydrogen-bond acceptors (Lipinski definition) is 4. The summed E-state index contributed by atoms with van der Waals surface area (Å²) in [6.07, 6.45) is 19.8. The molecule has 0 saturated heterocycles. The molecule has 0 aromatic heterocycles. The Morgan fingerprint density at radius 1 is 0.875 bits per heavy atom. The molecule has 0 aliphatic heterocycles. The molecule has 0 fully saturated rings. The lowest BCUT2D eigenvalue weighted by Gasteiger charge is -2.17. The number of hydrogen-bond donors (Lipinski definition) is 1. The smallest absolute Gasteiger partial charge is 0.408 e. The Kier molecular flexibility index (Phi) is 16.6. The molecule has 1 aromatic rings. The fraction of sp³-hybridized carbons (Fsp3) is 0.630. The summed E-state index contributed by atoms with van der Waals surface area (Å²) in [6.45, 7) is 2.47. The minimum atomic E-state index is -0.806. The summed E-state index contributed by atoms with van der Waals surface area (Å²) in [7, 11) is 0. The van der Waals surface area contributed by atoms with E-state index in [-0.39, 0.29) is 6.61 Å². The van der Waals surface area contributed by atoms with E-state index in [4.69, 9.17) is 15.9 Å². The monoisotopic (exact) mass is 443 g/mol. The van der Waals surface area contributed by atoms with Crippen LogP contribution >= 0.6 is 0 Å². The Morgan fingerprint density at radius 3 is 2.00 bits per heavy atom. The van der Waals surface area contributed by atoms with Crippen molar-refractivity contribution in [3.8, 4) is 12.3 Å². The first-order valence-electron chi connectivity index (χ1n) is 12.2. The molecule has 0 bridgehead atoms. The summed E-state index contributed by atoms with van der Waals surface area (Å²) in [5, 5.41) is 2.57. The second-order valence-corrected chi connectivity index (χ2v) is 8.22. The molecule has 32 heavy (non-hydrogen) atoms. The second kappa shape index (κ2) is 19.2. The molecule has 1 N–H and O–H groups in total. The van der Waals surface area contributed by atoms with Gasteiger partial charge in [0.05, 0.1) is 6.61 Å². The molecule has 1 unspecified atom stereocenters. The highest BCUT2D eigenvalue weighted by Crippen LogP contribution is 2.12. The number of alkyl carbamates (subject to hydrolysis) is 1. The summed E-state index contributed by atoms with van der Waals surface area (Å²) in [5.74, 6) is 1.78. The average Bonchev–Trinajstić information content (AvgIpc) is 2.80. The van der Waals surface area contributed by atoms with Crippen LogP contribution < -0.4 is 5.32 Å². The average molecular weight is 444 g/mol. The number of carbonyl (C=O) groups is 2. The van der Waals surface area contributed by atoms with Crippen molar-refractivity contribution in [2.24, 2.45) is 0 Å². The number of ether oxygens (including phenoxy) is 2. The summed E-state index contributed by atoms with van der Waals surface area (Å²) in [6, 6.07) is 8.68. The van der Waals surface area contributed by atoms with Gasteiger partial charge in [-0.1, -0.05) is 114 Å². The predicted octanol–water partition coefficient (Wildman–Crippen LogP) is 6.20. The van der Waals surface area contributed by atoms with Crippen LogP contribution in [-0.4, -0.2) is 31.3 Å². The first-order chi connectivity index (χ1) is 15.7. The van der Waals surface area contributed by atoms with E-state index in [9.17, 15) is 9.59 Å². The van der Waals surface area contributed by atoms with E-state index in [2.05, 4.69) is 18.2 Å². The third kappa shape index (κ3) is 14.5. The van der Waals surface area contributed by atoms with E-state index in [0.29, 0.717) is 13.0 Å². The number of rotatable bonds is 18. The van der Waals surface area contributed by atoms with Crippen LogP contribution in [0.15, 0.2) is 30.3 Å². The quantitative estimate of drug-likeness (QED) is 0.167. The van der Waals surface area contributed by atoms with Gasteiger partial charge in [-0.3, -0.25) is 0 Å². The normalized spacial score (nSPS) is 11.4. The van der Waals surface area contributed by atoms with Crippen molar-refractivity contribution >= 4 is 12.1 Å². The summed E-state index contributed by atoms with van der Waals surface area (Å²) < 4.78 is 10.3. The number of terminal acetylenes is 1. The molecule has 0 saturated carbocycles. The van der Waals surface area contributed by atoms with Crippen LogP contribution in [0.1, 0.15) is 89.5 Å². The molecule has 5 nitrogen and oxygen atoms in total. The molecule has 0 heterocycles. The first-order valence-corrected chi connectivity index (χ1v) is 12.2. The van der Waals surface area contributed by atoms with Crippen LogP contribution in [-0.2, 0) is 20.7 Å². The molecule has 1 amide bonds. The molecule has 5 heteroatoms. The summed E-state index contributed by atoms with van der Waals surface area (Å²) in [5.41, 5.74) is 0.928. The maximum absolute atomic E-state index is 12.5. The standard InChI is InChI=1S/C27H41NO4/c1-3-5-6-7-8-9-10-11-12-13-14-18-22-31-26(29)25(28-27(30)32-21-4-2)23-24-19-16-15-17-20-24/h2,15-17,19-20,25H,3,5-14,18,21-23H2,1H3,(H,28,30). The Labute approximate surface area is 194 Å². The third-order valence-corrected chi connectivity index (χ3v) is 5.39. The van der Waals surface area contributed by atoms with Gasteiger partial charge in [-0.2, -0.15) is 0 Å². The number of unbranched alkanes of at least 4 members (excludes halogenated alkanes) is 11. The lowest BCUT2D eigenvalue weighted by Crippen LogP contribution is -2.43. The maximum Gasteiger partial charge on any atom is 0.408 e. The molecule has 1 aromatic carbocycles. The molecule has 178 valence electrons. The number of carbonyl (C=O) groups excluding carboxylic acids is 2. The van der Waals surface area contributed by atoms with Gasteiger partial charge in [-0.15, -0.1) is 6.42 Å². The van der Waals surface area contributed by atoms with Crippen molar-refractivity contribution in [3.63, 3.8) is 0 Å². The van der Waals surface area contributed by atoms with Crippen LogP contribution in [0.3, 0.4) is 0 Å². The Hall–Kier alpha value is -2.48. The number of esters is 1. The minimum Gasteiger partial charge on any atom is -0.464 e. The highest BCUT2D eigenvalue weighted by atomic mass is 16.6. The zero-order valence-electron chi connectivity index (χ0n) is 19.8. The van der Waals surface area contributed by atoms with Crippen molar-refractivity contribution in [3.05, 3.63) is 35.9 Å². The number of amides is 1. The number of benzene rings is 1. The Balaban J connectivity index is 2.20. The van der Waals surface area contributed by atoms with E-state index in [1.54, 1.807) is 0 Å². The maximum atomic E-state index is 12.5. The molecule has 1 atom stereocenters. The fourth-order valence-electron chi connectivity index (χ4n) is 3.55. The van der Waals surface area contributed by atoms with Gasteiger partial charge in [0.1, 0.15) is 6.04 Å². The van der Waals surface area contributed by atoms with E-state index < -0.39 is 18.1 Å². The third-order valence-electron chi connectivity index (χ3n) is 5.39. The molecule has 0 aliphatic carbocycles. The van der Waals surface area contributed by atoms with Gasteiger partial charge in [0.25, 0.3) is 0 Å². The van der Waals surface area contributed by atoms with Crippen molar-refractivity contribution in [1.29, 1.82) is 0 Å². The van der Waals surface area contributed by atoms with Gasteiger partial charge in [-0.05, 0) is 12.0 Å². The highest BCUT2D eigenvalue weighted by molar-refractivity contribution is 5.81. The fourth-order valence-corrected chi connectivity index (χ4v) is 3.55. The second-order valence-electron chi connectivity index (χ2n) is 8.22. The first kappa shape index (κ1) is 27.6. The van der Waals surface area contributed by atoms with Gasteiger partial charge in [0.15, 0.2) is 6.61 Å². The Bertz CT molecular complexity index is 653. The van der Waals surface area contributed by atoms with Crippen molar-refractivity contribution in [2.75, 3.05) is 13.2 Å². The molecular formula is C27H41NO4. The molecule has 1 rings (SSSR count). The van der Waals surface area contributed by atoms with Gasteiger partial charge in [-0.25, -0.2) is 9.59 Å². The van der Waals surface area contributed by atoms with Crippen LogP contribution in [0, 0.1) is 12.3 Å². The lowest BCUT2D eigenvalue weighted by molar-refractivity contribution is -0.146. The van der Waals surface area contributed by atoms with Crippen molar-refractivity contribution in [1.82, 2.24) is 5.32 Å². The van der Waals surface area contributed by atoms with Gasteiger partial charge >= 0.3 is 12.1 Å². The van der Waals surface area contributed by atoms with Crippen LogP contribution in [0.25, 0.3) is 0 Å². The van der Waals surface area contributed by atoms with E-state index in [1.165, 1.54) is 57.8 Å². The topological polar surface area (TPSA) is 64.6 Å². The van der Waals surface area contributed by atoms with E-state index in [1.807, 2.05) is 30.3 Å².